The Morgan fingerprint density at radius 2 is 1.79 bits per heavy atom. The number of nitrogens with zero attached hydrogens (tertiary/aromatic N) is 3. The quantitative estimate of drug-likeness (QED) is 0.422. The van der Waals surface area contributed by atoms with Crippen LogP contribution in [0.1, 0.15) is 42.3 Å². The summed E-state index contributed by atoms with van der Waals surface area (Å²) in [5.41, 5.74) is 11.3. The molecule has 7 heteroatoms. The number of β-amino-alcohol motifs (C(OH)–C–C–N with tert-alkyl or cyclic N) is 1. The van der Waals surface area contributed by atoms with Crippen LogP contribution in [-0.2, 0) is 5.41 Å². The van der Waals surface area contributed by atoms with E-state index in [2.05, 4.69) is 66.2 Å². The summed E-state index contributed by atoms with van der Waals surface area (Å²) in [6.07, 6.45) is 5.13. The van der Waals surface area contributed by atoms with E-state index < -0.39 is 6.10 Å². The third kappa shape index (κ3) is 3.62. The number of hydrogen-bond donors (Lipinski definition) is 3. The molecule has 2 aromatic heterocycles. The van der Waals surface area contributed by atoms with Crippen molar-refractivity contribution in [2.24, 2.45) is 5.92 Å². The zero-order valence-corrected chi connectivity index (χ0v) is 19.6. The highest BCUT2D eigenvalue weighted by Crippen LogP contribution is 2.42. The second-order valence-electron chi connectivity index (χ2n) is 9.59. The summed E-state index contributed by atoms with van der Waals surface area (Å²) in [6, 6.07) is 14.4. The molecule has 1 atom stereocenters. The van der Waals surface area contributed by atoms with E-state index in [4.69, 9.17) is 5.73 Å². The van der Waals surface area contributed by atoms with E-state index in [1.54, 1.807) is 17.3 Å². The van der Waals surface area contributed by atoms with Crippen molar-refractivity contribution in [1.82, 2.24) is 19.9 Å². The number of nitrogens with one attached hydrogen (secondary N) is 1. The van der Waals surface area contributed by atoms with Gasteiger partial charge in [-0.2, -0.15) is 0 Å². The first-order valence-corrected chi connectivity index (χ1v) is 11.5. The van der Waals surface area contributed by atoms with Crippen molar-refractivity contribution < 1.29 is 9.90 Å². The normalized spacial score (nSPS) is 16.0. The lowest BCUT2D eigenvalue weighted by Crippen LogP contribution is -2.53. The van der Waals surface area contributed by atoms with Gasteiger partial charge < -0.3 is 20.7 Å². The second-order valence-corrected chi connectivity index (χ2v) is 9.59. The molecular formula is C27H29N5O2. The van der Waals surface area contributed by atoms with Crippen LogP contribution in [0.2, 0.25) is 0 Å². The van der Waals surface area contributed by atoms with Crippen molar-refractivity contribution in [2.75, 3.05) is 18.8 Å². The van der Waals surface area contributed by atoms with Crippen LogP contribution in [0.15, 0.2) is 61.1 Å². The predicted octanol–water partition coefficient (Wildman–Crippen LogP) is 3.99. The number of amides is 1. The molecule has 0 spiro atoms. The first kappa shape index (κ1) is 22.1. The topological polar surface area (TPSA) is 108 Å². The van der Waals surface area contributed by atoms with Crippen LogP contribution in [0.4, 0.5) is 5.95 Å². The first-order chi connectivity index (χ1) is 16.3. The summed E-state index contributed by atoms with van der Waals surface area (Å²) in [4.78, 5) is 26.0. The van der Waals surface area contributed by atoms with Gasteiger partial charge in [0.05, 0.1) is 6.10 Å². The van der Waals surface area contributed by atoms with Gasteiger partial charge in [0, 0.05) is 59.1 Å². The molecule has 174 valence electrons. The number of carbonyl (C=O) groups is 1. The van der Waals surface area contributed by atoms with Crippen molar-refractivity contribution in [2.45, 2.75) is 32.3 Å². The number of aliphatic hydroxyl groups excluding tert-OH is 1. The lowest BCUT2D eigenvalue weighted by atomic mass is 9.68. The lowest BCUT2D eigenvalue weighted by Gasteiger charge is -2.36. The summed E-state index contributed by atoms with van der Waals surface area (Å²) in [6.45, 7) is 7.52. The minimum absolute atomic E-state index is 0.0443. The minimum atomic E-state index is -0.407. The van der Waals surface area contributed by atoms with Gasteiger partial charge in [-0.15, -0.1) is 0 Å². The van der Waals surface area contributed by atoms with Crippen LogP contribution >= 0.6 is 0 Å². The highest BCUT2D eigenvalue weighted by atomic mass is 16.3. The van der Waals surface area contributed by atoms with Gasteiger partial charge in [0.1, 0.15) is 0 Å². The predicted molar refractivity (Wildman–Crippen MR) is 133 cm³/mol. The number of likely N-dealkylation sites (tertiary alicyclic amines) is 1. The van der Waals surface area contributed by atoms with E-state index in [0.29, 0.717) is 24.6 Å². The second kappa shape index (κ2) is 8.25. The van der Waals surface area contributed by atoms with Gasteiger partial charge in [-0.3, -0.25) is 4.79 Å². The molecule has 0 saturated carbocycles. The number of aliphatic hydroxyl groups is 1. The lowest BCUT2D eigenvalue weighted by molar-refractivity contribution is 0.00590. The smallest absolute Gasteiger partial charge is 0.254 e. The third-order valence-electron chi connectivity index (χ3n) is 7.28. The molecule has 5 rings (SSSR count). The number of fused-ring (bicyclic) bond motifs is 1. The number of aromatic nitrogens is 3. The van der Waals surface area contributed by atoms with Crippen LogP contribution in [0.3, 0.4) is 0 Å². The first-order valence-electron chi connectivity index (χ1n) is 11.5. The molecule has 1 fully saturated rings. The molecule has 4 aromatic rings. The number of nitrogens with two attached hydrogens (primary N) is 1. The van der Waals surface area contributed by atoms with Crippen molar-refractivity contribution in [1.29, 1.82) is 0 Å². The monoisotopic (exact) mass is 455 g/mol. The molecule has 0 bridgehead atoms. The molecule has 1 amide bonds. The summed E-state index contributed by atoms with van der Waals surface area (Å²) in [5, 5.41) is 10.6. The van der Waals surface area contributed by atoms with E-state index in [-0.39, 0.29) is 17.3 Å². The van der Waals surface area contributed by atoms with Crippen LogP contribution in [0.5, 0.6) is 0 Å². The van der Waals surface area contributed by atoms with Gasteiger partial charge in [-0.25, -0.2) is 9.97 Å². The maximum absolute atomic E-state index is 12.7. The van der Waals surface area contributed by atoms with Crippen LogP contribution in [-0.4, -0.2) is 50.1 Å². The van der Waals surface area contributed by atoms with E-state index >= 15 is 0 Å². The molecule has 7 nitrogen and oxygen atoms in total. The number of hydrogen-bond acceptors (Lipinski definition) is 5. The number of H-pyrrole nitrogens is 1. The minimum Gasteiger partial charge on any atom is -0.389 e. The molecule has 4 N–H and O–H groups in total. The molecule has 1 aliphatic rings. The summed E-state index contributed by atoms with van der Waals surface area (Å²) >= 11 is 0. The Hall–Kier alpha value is -3.71. The molecule has 2 aromatic carbocycles. The number of rotatable bonds is 5. The molecule has 1 saturated heterocycles. The van der Waals surface area contributed by atoms with E-state index in [1.165, 1.54) is 11.1 Å². The van der Waals surface area contributed by atoms with Gasteiger partial charge in [0.2, 0.25) is 5.95 Å². The molecule has 0 aliphatic carbocycles. The highest BCUT2D eigenvalue weighted by molar-refractivity contribution is 5.99. The van der Waals surface area contributed by atoms with Crippen LogP contribution in [0.25, 0.3) is 22.0 Å². The molecular weight excluding hydrogens is 426 g/mol. The number of carbonyl (C=O) groups excluding carboxylic acids is 1. The number of nitrogen functional groups attached to an aromatic ring is 1. The molecule has 34 heavy (non-hydrogen) atoms. The Balaban J connectivity index is 1.50. The summed E-state index contributed by atoms with van der Waals surface area (Å²) in [5.74, 6) is 0.540. The van der Waals surface area contributed by atoms with E-state index in [9.17, 15) is 9.90 Å². The number of benzene rings is 2. The number of anilines is 1. The Kier molecular flexibility index (Phi) is 5.37. The van der Waals surface area contributed by atoms with Crippen molar-refractivity contribution in [3.05, 3.63) is 77.7 Å². The van der Waals surface area contributed by atoms with Gasteiger partial charge in [-0.1, -0.05) is 51.1 Å². The molecule has 1 aliphatic heterocycles. The Morgan fingerprint density at radius 3 is 2.41 bits per heavy atom. The Bertz CT molecular complexity index is 1340. The van der Waals surface area contributed by atoms with Gasteiger partial charge in [-0.05, 0) is 34.7 Å². The fourth-order valence-corrected chi connectivity index (χ4v) is 4.79. The third-order valence-corrected chi connectivity index (χ3v) is 7.28. The molecule has 0 radical (unpaired) electrons. The van der Waals surface area contributed by atoms with Gasteiger partial charge in [0.15, 0.2) is 0 Å². The van der Waals surface area contributed by atoms with Gasteiger partial charge >= 0.3 is 0 Å². The fourth-order valence-electron chi connectivity index (χ4n) is 4.79. The van der Waals surface area contributed by atoms with Crippen molar-refractivity contribution >= 4 is 22.8 Å². The maximum Gasteiger partial charge on any atom is 0.254 e. The Labute approximate surface area is 198 Å². The average Bonchev–Trinajstić information content (AvgIpc) is 3.25. The van der Waals surface area contributed by atoms with Crippen molar-refractivity contribution in [3.63, 3.8) is 0 Å². The van der Waals surface area contributed by atoms with Gasteiger partial charge in [0.25, 0.3) is 5.91 Å². The van der Waals surface area contributed by atoms with E-state index in [1.807, 2.05) is 18.2 Å². The maximum atomic E-state index is 12.7. The van der Waals surface area contributed by atoms with Crippen molar-refractivity contribution in [3.8, 4) is 11.1 Å². The fraction of sp³-hybridized carbons (Fsp3) is 0.296. The average molecular weight is 456 g/mol. The summed E-state index contributed by atoms with van der Waals surface area (Å²) < 4.78 is 0. The molecule has 3 heterocycles. The number of aromatic amines is 1. The zero-order chi connectivity index (χ0) is 24.0. The SMILES string of the molecule is CC(C)C(C)(c1ccc(-c2cnc(N)nc2)cc1)c1c[nH]c2cc(C(=O)N3CC(O)C3)ccc12. The van der Waals surface area contributed by atoms with Crippen LogP contribution < -0.4 is 5.73 Å². The zero-order valence-electron chi connectivity index (χ0n) is 19.6. The Morgan fingerprint density at radius 1 is 1.12 bits per heavy atom. The molecule has 1 unspecified atom stereocenters. The summed E-state index contributed by atoms with van der Waals surface area (Å²) in [7, 11) is 0. The van der Waals surface area contributed by atoms with Crippen LogP contribution in [0, 0.1) is 5.92 Å². The standard InChI is InChI=1S/C27H29N5O2/c1-16(2)27(3,20-7-4-17(5-8-20)19-11-30-26(28)31-12-19)23-13-29-24-10-18(6-9-22(23)24)25(34)32-14-21(33)15-32/h4-13,16,21,29,33H,14-15H2,1-3H3,(H2,28,30,31). The largest absolute Gasteiger partial charge is 0.389 e. The van der Waals surface area contributed by atoms with E-state index in [0.717, 1.165) is 22.0 Å². The highest BCUT2D eigenvalue weighted by Gasteiger charge is 2.35.